The average Bonchev–Trinajstić information content (AvgIpc) is 2.92. The van der Waals surface area contributed by atoms with Crippen molar-refractivity contribution in [2.75, 3.05) is 6.61 Å². The van der Waals surface area contributed by atoms with E-state index in [2.05, 4.69) is 31.2 Å². The van der Waals surface area contributed by atoms with Crippen LogP contribution in [0.2, 0.25) is 0 Å². The summed E-state index contributed by atoms with van der Waals surface area (Å²) in [6.45, 7) is 3.83. The Labute approximate surface area is 79.7 Å². The molecule has 1 heteroatoms. The minimum atomic E-state index is 0.775. The second-order valence-corrected chi connectivity index (χ2v) is 3.94. The molecule has 1 aromatic rings. The number of ether oxygens (including phenoxy) is 1. The Kier molecular flexibility index (Phi) is 2.65. The maximum atomic E-state index is 5.58. The van der Waals surface area contributed by atoms with E-state index < -0.39 is 0 Å². The van der Waals surface area contributed by atoms with E-state index >= 15 is 0 Å². The van der Waals surface area contributed by atoms with Gasteiger partial charge in [-0.3, -0.25) is 0 Å². The normalized spacial score (nSPS) is 16.1. The van der Waals surface area contributed by atoms with Crippen molar-refractivity contribution < 1.29 is 4.74 Å². The number of hydrogen-bond acceptors (Lipinski definition) is 1. The summed E-state index contributed by atoms with van der Waals surface area (Å²) < 4.78 is 5.58. The topological polar surface area (TPSA) is 9.23 Å². The lowest BCUT2D eigenvalue weighted by Crippen LogP contribution is -1.96. The summed E-state index contributed by atoms with van der Waals surface area (Å²) in [5.74, 6) is 0.866. The highest BCUT2D eigenvalue weighted by atomic mass is 16.5. The second kappa shape index (κ2) is 3.93. The zero-order chi connectivity index (χ0) is 9.10. The summed E-state index contributed by atoms with van der Waals surface area (Å²) >= 11 is 0. The SMILES string of the molecule is Cc1ccc(COCC2CC2)cc1. The zero-order valence-electron chi connectivity index (χ0n) is 8.12. The van der Waals surface area contributed by atoms with E-state index in [-0.39, 0.29) is 0 Å². The predicted molar refractivity (Wildman–Crippen MR) is 53.6 cm³/mol. The molecule has 0 saturated heterocycles. The monoisotopic (exact) mass is 176 g/mol. The number of rotatable bonds is 4. The summed E-state index contributed by atoms with van der Waals surface area (Å²) in [6, 6.07) is 8.55. The lowest BCUT2D eigenvalue weighted by atomic mass is 10.2. The van der Waals surface area contributed by atoms with Gasteiger partial charge in [0.05, 0.1) is 6.61 Å². The molecular weight excluding hydrogens is 160 g/mol. The highest BCUT2D eigenvalue weighted by molar-refractivity contribution is 5.20. The van der Waals surface area contributed by atoms with E-state index in [9.17, 15) is 0 Å². The van der Waals surface area contributed by atoms with Crippen LogP contribution >= 0.6 is 0 Å². The molecule has 1 aliphatic carbocycles. The van der Waals surface area contributed by atoms with E-state index in [4.69, 9.17) is 4.74 Å². The van der Waals surface area contributed by atoms with Crippen molar-refractivity contribution >= 4 is 0 Å². The summed E-state index contributed by atoms with van der Waals surface area (Å²) in [5, 5.41) is 0. The largest absolute Gasteiger partial charge is 0.376 e. The van der Waals surface area contributed by atoms with Crippen LogP contribution < -0.4 is 0 Å². The molecule has 1 nitrogen and oxygen atoms in total. The minimum Gasteiger partial charge on any atom is -0.376 e. The lowest BCUT2D eigenvalue weighted by molar-refractivity contribution is 0.111. The van der Waals surface area contributed by atoms with Gasteiger partial charge in [0, 0.05) is 6.61 Å². The third-order valence-corrected chi connectivity index (χ3v) is 2.44. The molecule has 0 spiro atoms. The molecule has 0 aliphatic heterocycles. The zero-order valence-corrected chi connectivity index (χ0v) is 8.12. The van der Waals surface area contributed by atoms with Crippen molar-refractivity contribution in [1.29, 1.82) is 0 Å². The van der Waals surface area contributed by atoms with E-state index in [0.717, 1.165) is 19.1 Å². The number of hydrogen-bond donors (Lipinski definition) is 0. The van der Waals surface area contributed by atoms with Crippen LogP contribution in [0.1, 0.15) is 24.0 Å². The molecule has 2 rings (SSSR count). The van der Waals surface area contributed by atoms with Crippen LogP contribution in [0.5, 0.6) is 0 Å². The van der Waals surface area contributed by atoms with Crippen LogP contribution in [-0.2, 0) is 11.3 Å². The molecule has 0 amide bonds. The standard InChI is InChI=1S/C12H16O/c1-10-2-4-11(5-3-10)8-13-9-12-6-7-12/h2-5,12H,6-9H2,1H3. The molecule has 1 aliphatic rings. The van der Waals surface area contributed by atoms with Crippen molar-refractivity contribution in [2.24, 2.45) is 5.92 Å². The van der Waals surface area contributed by atoms with Crippen LogP contribution in [0.25, 0.3) is 0 Å². The predicted octanol–water partition coefficient (Wildman–Crippen LogP) is 2.92. The van der Waals surface area contributed by atoms with Crippen LogP contribution in [-0.4, -0.2) is 6.61 Å². The van der Waals surface area contributed by atoms with Crippen molar-refractivity contribution in [3.8, 4) is 0 Å². The summed E-state index contributed by atoms with van der Waals surface area (Å²) in [4.78, 5) is 0. The van der Waals surface area contributed by atoms with Gasteiger partial charge in [0.1, 0.15) is 0 Å². The molecule has 0 atom stereocenters. The van der Waals surface area contributed by atoms with Crippen LogP contribution in [0.3, 0.4) is 0 Å². The van der Waals surface area contributed by atoms with Crippen LogP contribution in [0.15, 0.2) is 24.3 Å². The van der Waals surface area contributed by atoms with Gasteiger partial charge in [0.15, 0.2) is 0 Å². The van der Waals surface area contributed by atoms with Gasteiger partial charge in [-0.25, -0.2) is 0 Å². The van der Waals surface area contributed by atoms with Crippen LogP contribution in [0.4, 0.5) is 0 Å². The molecule has 1 fully saturated rings. The van der Waals surface area contributed by atoms with Crippen LogP contribution in [0, 0.1) is 12.8 Å². The minimum absolute atomic E-state index is 0.775. The van der Waals surface area contributed by atoms with Gasteiger partial charge in [-0.05, 0) is 31.2 Å². The third kappa shape index (κ3) is 2.85. The van der Waals surface area contributed by atoms with Gasteiger partial charge in [0.2, 0.25) is 0 Å². The summed E-state index contributed by atoms with van der Waals surface area (Å²) in [7, 11) is 0. The Bertz CT molecular complexity index is 259. The Balaban J connectivity index is 1.76. The van der Waals surface area contributed by atoms with Crippen molar-refractivity contribution in [3.63, 3.8) is 0 Å². The van der Waals surface area contributed by atoms with E-state index in [0.29, 0.717) is 0 Å². The highest BCUT2D eigenvalue weighted by Gasteiger charge is 2.20. The molecular formula is C12H16O. The first-order valence-corrected chi connectivity index (χ1v) is 4.98. The Hall–Kier alpha value is -0.820. The molecule has 1 aromatic carbocycles. The highest BCUT2D eigenvalue weighted by Crippen LogP contribution is 2.29. The third-order valence-electron chi connectivity index (χ3n) is 2.44. The fraction of sp³-hybridized carbons (Fsp3) is 0.500. The van der Waals surface area contributed by atoms with E-state index in [1.807, 2.05) is 0 Å². The van der Waals surface area contributed by atoms with Gasteiger partial charge in [-0.15, -0.1) is 0 Å². The fourth-order valence-electron chi connectivity index (χ4n) is 1.31. The molecule has 0 N–H and O–H groups in total. The summed E-state index contributed by atoms with van der Waals surface area (Å²) in [6.07, 6.45) is 2.74. The quantitative estimate of drug-likeness (QED) is 0.685. The van der Waals surface area contributed by atoms with Crippen molar-refractivity contribution in [3.05, 3.63) is 35.4 Å². The Morgan fingerprint density at radius 2 is 1.92 bits per heavy atom. The smallest absolute Gasteiger partial charge is 0.0717 e. The first-order valence-electron chi connectivity index (χ1n) is 4.98. The summed E-state index contributed by atoms with van der Waals surface area (Å²) in [5.41, 5.74) is 2.59. The Morgan fingerprint density at radius 3 is 2.54 bits per heavy atom. The van der Waals surface area contributed by atoms with Gasteiger partial charge in [-0.2, -0.15) is 0 Å². The maximum absolute atomic E-state index is 5.58. The second-order valence-electron chi connectivity index (χ2n) is 3.94. The van der Waals surface area contributed by atoms with Crippen molar-refractivity contribution in [1.82, 2.24) is 0 Å². The van der Waals surface area contributed by atoms with Gasteiger partial charge in [0.25, 0.3) is 0 Å². The molecule has 13 heavy (non-hydrogen) atoms. The molecule has 0 aromatic heterocycles. The first-order chi connectivity index (χ1) is 6.34. The number of benzene rings is 1. The molecule has 0 bridgehead atoms. The van der Waals surface area contributed by atoms with Gasteiger partial charge < -0.3 is 4.74 Å². The molecule has 0 heterocycles. The Morgan fingerprint density at radius 1 is 1.23 bits per heavy atom. The first kappa shape index (κ1) is 8.76. The van der Waals surface area contributed by atoms with Gasteiger partial charge in [-0.1, -0.05) is 29.8 Å². The van der Waals surface area contributed by atoms with Crippen molar-refractivity contribution in [2.45, 2.75) is 26.4 Å². The number of aryl methyl sites for hydroxylation is 1. The fourth-order valence-corrected chi connectivity index (χ4v) is 1.31. The lowest BCUT2D eigenvalue weighted by Gasteiger charge is -2.03. The maximum Gasteiger partial charge on any atom is 0.0717 e. The molecule has 70 valence electrons. The van der Waals surface area contributed by atoms with Gasteiger partial charge >= 0.3 is 0 Å². The van der Waals surface area contributed by atoms with E-state index in [1.54, 1.807) is 0 Å². The molecule has 0 radical (unpaired) electrons. The molecule has 0 unspecified atom stereocenters. The average molecular weight is 176 g/mol. The molecule has 1 saturated carbocycles. The van der Waals surface area contributed by atoms with E-state index in [1.165, 1.54) is 24.0 Å².